The summed E-state index contributed by atoms with van der Waals surface area (Å²) in [6.45, 7) is 1.32. The second-order valence-corrected chi connectivity index (χ2v) is 5.31. The summed E-state index contributed by atoms with van der Waals surface area (Å²) in [5.41, 5.74) is 4.77. The van der Waals surface area contributed by atoms with E-state index in [1.165, 1.54) is 6.07 Å². The van der Waals surface area contributed by atoms with Crippen LogP contribution in [-0.2, 0) is 0 Å². The van der Waals surface area contributed by atoms with E-state index in [9.17, 15) is 14.9 Å². The highest BCUT2D eigenvalue weighted by atomic mass is 16.6. The number of benzene rings is 2. The number of carbonyl (C=O) groups excluding carboxylic acids is 1. The fourth-order valence-corrected chi connectivity index (χ4v) is 2.20. The Morgan fingerprint density at radius 3 is 2.56 bits per heavy atom. The Morgan fingerprint density at radius 1 is 1.24 bits per heavy atom. The summed E-state index contributed by atoms with van der Waals surface area (Å²) in [5, 5.41) is 17.0. The van der Waals surface area contributed by atoms with E-state index in [1.807, 2.05) is 0 Å². The number of ether oxygens (including phenoxy) is 1. The Balaban J connectivity index is 2.15. The van der Waals surface area contributed by atoms with E-state index in [0.717, 1.165) is 13.0 Å². The first-order valence-electron chi connectivity index (χ1n) is 7.82. The van der Waals surface area contributed by atoms with Crippen molar-refractivity contribution in [1.29, 1.82) is 0 Å². The number of nitro groups is 1. The van der Waals surface area contributed by atoms with Crippen molar-refractivity contribution < 1.29 is 20.2 Å². The Kier molecular flexibility index (Phi) is 6.30. The van der Waals surface area contributed by atoms with Crippen LogP contribution in [0.4, 0.5) is 17.1 Å². The quantitative estimate of drug-likeness (QED) is 0.383. The number of carbonyl (C=O) groups is 1. The van der Waals surface area contributed by atoms with E-state index in [1.54, 1.807) is 43.5 Å². The second kappa shape index (κ2) is 8.65. The molecule has 5 N–H and O–H groups in total. The third-order valence-electron chi connectivity index (χ3n) is 3.55. The number of nitrogens with one attached hydrogen (secondary N) is 2. The van der Waals surface area contributed by atoms with Gasteiger partial charge in [0.05, 0.1) is 18.6 Å². The van der Waals surface area contributed by atoms with Crippen LogP contribution in [0.1, 0.15) is 16.8 Å². The molecule has 0 saturated carbocycles. The van der Waals surface area contributed by atoms with Crippen molar-refractivity contribution in [3.8, 4) is 5.75 Å². The van der Waals surface area contributed by atoms with Crippen LogP contribution in [0.2, 0.25) is 0 Å². The van der Waals surface area contributed by atoms with Gasteiger partial charge in [-0.05, 0) is 36.4 Å². The number of rotatable bonds is 8. The first-order valence-corrected chi connectivity index (χ1v) is 7.82. The fraction of sp³-hybridized carbons (Fsp3) is 0.235. The molecule has 0 aliphatic heterocycles. The summed E-state index contributed by atoms with van der Waals surface area (Å²) in [7, 11) is 1.55. The molecular weight excluding hydrogens is 324 g/mol. The molecule has 0 aliphatic carbocycles. The van der Waals surface area contributed by atoms with Gasteiger partial charge in [0.15, 0.2) is 0 Å². The molecule has 0 spiro atoms. The van der Waals surface area contributed by atoms with Gasteiger partial charge in [0, 0.05) is 30.3 Å². The predicted octanol–water partition coefficient (Wildman–Crippen LogP) is 1.90. The topological polar surface area (TPSA) is 121 Å². The van der Waals surface area contributed by atoms with Gasteiger partial charge >= 0.3 is 0 Å². The molecule has 0 aliphatic rings. The molecule has 0 bridgehead atoms. The fourth-order valence-electron chi connectivity index (χ4n) is 2.20. The molecule has 25 heavy (non-hydrogen) atoms. The highest BCUT2D eigenvalue weighted by molar-refractivity contribution is 6.05. The molecule has 2 aromatic rings. The summed E-state index contributed by atoms with van der Waals surface area (Å²) in [6.07, 6.45) is 0.802. The van der Waals surface area contributed by atoms with Gasteiger partial charge in [-0.2, -0.15) is 0 Å². The number of hydrogen-bond acceptors (Lipinski definition) is 5. The van der Waals surface area contributed by atoms with Crippen LogP contribution >= 0.6 is 0 Å². The molecule has 0 saturated heterocycles. The zero-order valence-electron chi connectivity index (χ0n) is 14.0. The summed E-state index contributed by atoms with van der Waals surface area (Å²) < 4.78 is 5.06. The maximum atomic E-state index is 12.3. The third-order valence-corrected chi connectivity index (χ3v) is 3.55. The van der Waals surface area contributed by atoms with E-state index in [-0.39, 0.29) is 11.3 Å². The van der Waals surface area contributed by atoms with Gasteiger partial charge in [0.1, 0.15) is 11.4 Å². The van der Waals surface area contributed by atoms with Crippen molar-refractivity contribution >= 4 is 23.0 Å². The Morgan fingerprint density at radius 2 is 1.96 bits per heavy atom. The first-order chi connectivity index (χ1) is 12.0. The zero-order chi connectivity index (χ0) is 18.2. The smallest absolute Gasteiger partial charge is 0.293 e. The lowest BCUT2D eigenvalue weighted by atomic mass is 10.1. The van der Waals surface area contributed by atoms with Crippen molar-refractivity contribution in [2.45, 2.75) is 6.42 Å². The van der Waals surface area contributed by atoms with Crippen LogP contribution in [-0.4, -0.2) is 31.0 Å². The monoisotopic (exact) mass is 345 g/mol. The molecule has 0 aromatic heterocycles. The van der Waals surface area contributed by atoms with Crippen LogP contribution in [0.3, 0.4) is 0 Å². The van der Waals surface area contributed by atoms with E-state index in [4.69, 9.17) is 4.74 Å². The van der Waals surface area contributed by atoms with Gasteiger partial charge in [0.2, 0.25) is 0 Å². The molecule has 2 rings (SSSR count). The molecule has 0 radical (unpaired) electrons. The van der Waals surface area contributed by atoms with Crippen molar-refractivity contribution in [2.24, 2.45) is 0 Å². The van der Waals surface area contributed by atoms with Crippen LogP contribution in [0.25, 0.3) is 0 Å². The third kappa shape index (κ3) is 4.92. The number of amides is 1. The van der Waals surface area contributed by atoms with Crippen LogP contribution < -0.4 is 21.1 Å². The summed E-state index contributed by atoms with van der Waals surface area (Å²) in [4.78, 5) is 23.1. The standard InChI is InChI=1S/C17H20N4O4/c1-25-14-6-4-13(5-7-14)20-17(22)12-3-8-15(19-10-2-9-18)16(11-12)21(23)24/h3-8,11,19H,2,9-10,18H2,1H3,(H,20,22)/p+1. The van der Waals surface area contributed by atoms with Crippen molar-refractivity contribution in [3.05, 3.63) is 58.1 Å². The number of methoxy groups -OCH3 is 1. The average molecular weight is 345 g/mol. The van der Waals surface area contributed by atoms with Crippen molar-refractivity contribution in [2.75, 3.05) is 30.8 Å². The van der Waals surface area contributed by atoms with Crippen LogP contribution in [0, 0.1) is 10.1 Å². The number of anilines is 2. The molecule has 0 unspecified atom stereocenters. The molecule has 1 amide bonds. The maximum absolute atomic E-state index is 12.3. The second-order valence-electron chi connectivity index (χ2n) is 5.31. The number of quaternary nitrogens is 1. The van der Waals surface area contributed by atoms with Crippen molar-refractivity contribution in [3.63, 3.8) is 0 Å². The molecule has 2 aromatic carbocycles. The molecule has 8 heteroatoms. The van der Waals surface area contributed by atoms with E-state index in [0.29, 0.717) is 23.7 Å². The maximum Gasteiger partial charge on any atom is 0.293 e. The van der Waals surface area contributed by atoms with E-state index in [2.05, 4.69) is 16.4 Å². The SMILES string of the molecule is COc1ccc(NC(=O)c2ccc(NCCC[NH3+])c([N+](=O)[O-])c2)cc1. The van der Waals surface area contributed by atoms with Crippen LogP contribution in [0.5, 0.6) is 5.75 Å². The Labute approximate surface area is 145 Å². The lowest BCUT2D eigenvalue weighted by molar-refractivity contribution is -0.384. The molecular formula is C17H21N4O4+. The highest BCUT2D eigenvalue weighted by Crippen LogP contribution is 2.26. The molecule has 0 heterocycles. The lowest BCUT2D eigenvalue weighted by Gasteiger charge is -2.09. The van der Waals surface area contributed by atoms with E-state index >= 15 is 0 Å². The predicted molar refractivity (Wildman–Crippen MR) is 94.9 cm³/mol. The highest BCUT2D eigenvalue weighted by Gasteiger charge is 2.17. The molecule has 8 nitrogen and oxygen atoms in total. The number of nitrogens with zero attached hydrogens (tertiary/aromatic N) is 1. The van der Waals surface area contributed by atoms with Gasteiger partial charge in [-0.15, -0.1) is 0 Å². The van der Waals surface area contributed by atoms with Gasteiger partial charge in [0.25, 0.3) is 11.6 Å². The first kappa shape index (κ1) is 18.2. The number of nitro benzene ring substituents is 1. The van der Waals surface area contributed by atoms with Crippen LogP contribution in [0.15, 0.2) is 42.5 Å². The number of hydrogen-bond donors (Lipinski definition) is 3. The Bertz CT molecular complexity index is 747. The summed E-state index contributed by atoms with van der Waals surface area (Å²) in [5.74, 6) is 0.254. The normalized spacial score (nSPS) is 10.2. The molecule has 0 fully saturated rings. The molecule has 0 atom stereocenters. The lowest BCUT2D eigenvalue weighted by Crippen LogP contribution is -2.50. The van der Waals surface area contributed by atoms with Gasteiger partial charge in [-0.1, -0.05) is 0 Å². The minimum atomic E-state index is -0.503. The minimum absolute atomic E-state index is 0.133. The zero-order valence-corrected chi connectivity index (χ0v) is 14.0. The summed E-state index contributed by atoms with van der Waals surface area (Å²) >= 11 is 0. The van der Waals surface area contributed by atoms with Crippen molar-refractivity contribution in [1.82, 2.24) is 0 Å². The van der Waals surface area contributed by atoms with Gasteiger partial charge in [-0.3, -0.25) is 14.9 Å². The minimum Gasteiger partial charge on any atom is -0.497 e. The largest absolute Gasteiger partial charge is 0.497 e. The van der Waals surface area contributed by atoms with Gasteiger partial charge < -0.3 is 21.1 Å². The van der Waals surface area contributed by atoms with E-state index < -0.39 is 10.8 Å². The van der Waals surface area contributed by atoms with Gasteiger partial charge in [-0.25, -0.2) is 0 Å². The Hall–Kier alpha value is -3.13. The average Bonchev–Trinajstić information content (AvgIpc) is 2.62. The molecule has 132 valence electrons. The summed E-state index contributed by atoms with van der Waals surface area (Å²) in [6, 6.07) is 11.2.